The Bertz CT molecular complexity index is 589. The van der Waals surface area contributed by atoms with Crippen molar-refractivity contribution in [2.45, 2.75) is 17.4 Å². The highest BCUT2D eigenvalue weighted by Crippen LogP contribution is 2.22. The second-order valence-electron chi connectivity index (χ2n) is 4.70. The molecule has 1 atom stereocenters. The minimum atomic E-state index is -0.250. The van der Waals surface area contributed by atoms with Crippen LogP contribution in [-0.4, -0.2) is 18.8 Å². The van der Waals surface area contributed by atoms with Crippen molar-refractivity contribution in [3.8, 4) is 0 Å². The average Bonchev–Trinajstić information content (AvgIpc) is 2.49. The molecule has 1 nitrogen and oxygen atoms in total. The lowest BCUT2D eigenvalue weighted by atomic mass is 10.1. The zero-order valence-electron chi connectivity index (χ0n) is 11.6. The van der Waals surface area contributed by atoms with Crippen molar-refractivity contribution < 1.29 is 8.78 Å². The second-order valence-corrected chi connectivity index (χ2v) is 6.65. The molecular weight excluding hydrogens is 356 g/mol. The Kier molecular flexibility index (Phi) is 6.21. The van der Waals surface area contributed by atoms with Gasteiger partial charge in [0, 0.05) is 16.7 Å². The summed E-state index contributed by atoms with van der Waals surface area (Å²) in [5, 5.41) is 3.26. The molecule has 2 aromatic rings. The van der Waals surface area contributed by atoms with E-state index in [2.05, 4.69) is 21.2 Å². The van der Waals surface area contributed by atoms with Crippen LogP contribution in [0.15, 0.2) is 51.8 Å². The molecule has 0 aromatic heterocycles. The normalized spacial score (nSPS) is 12.4. The van der Waals surface area contributed by atoms with Crippen LogP contribution in [0.2, 0.25) is 0 Å². The van der Waals surface area contributed by atoms with Crippen molar-refractivity contribution in [3.05, 3.63) is 64.1 Å². The number of halogens is 3. The number of benzene rings is 2. The zero-order chi connectivity index (χ0) is 15.2. The first kappa shape index (κ1) is 16.5. The van der Waals surface area contributed by atoms with Gasteiger partial charge in [0.1, 0.15) is 11.6 Å². The summed E-state index contributed by atoms with van der Waals surface area (Å²) in [5.41, 5.74) is 1.07. The molecule has 21 heavy (non-hydrogen) atoms. The Balaban J connectivity index is 1.93. The molecule has 1 unspecified atom stereocenters. The molecule has 0 aliphatic heterocycles. The fourth-order valence-corrected chi connectivity index (χ4v) is 3.36. The predicted octanol–water partition coefficient (Wildman–Crippen LogP) is 4.65. The fraction of sp³-hybridized carbons (Fsp3) is 0.250. The molecule has 5 heteroatoms. The molecule has 0 aliphatic carbocycles. The lowest BCUT2D eigenvalue weighted by molar-refractivity contribution is 0.606. The minimum Gasteiger partial charge on any atom is -0.316 e. The quantitative estimate of drug-likeness (QED) is 0.741. The van der Waals surface area contributed by atoms with Crippen molar-refractivity contribution in [1.29, 1.82) is 0 Å². The summed E-state index contributed by atoms with van der Waals surface area (Å²) in [6.07, 6.45) is 0.809. The Morgan fingerprint density at radius 2 is 1.86 bits per heavy atom. The van der Waals surface area contributed by atoms with Crippen molar-refractivity contribution in [2.24, 2.45) is 0 Å². The maximum Gasteiger partial charge on any atom is 0.137 e. The van der Waals surface area contributed by atoms with Crippen molar-refractivity contribution in [1.82, 2.24) is 5.32 Å². The van der Waals surface area contributed by atoms with Gasteiger partial charge in [-0.25, -0.2) is 8.78 Å². The van der Waals surface area contributed by atoms with Crippen LogP contribution in [0.25, 0.3) is 0 Å². The topological polar surface area (TPSA) is 12.0 Å². The first-order valence-corrected chi connectivity index (χ1v) is 8.36. The third-order valence-electron chi connectivity index (χ3n) is 3.14. The number of hydrogen-bond donors (Lipinski definition) is 1. The third kappa shape index (κ3) is 5.09. The van der Waals surface area contributed by atoms with Crippen LogP contribution in [0.1, 0.15) is 5.56 Å². The molecule has 0 bridgehead atoms. The van der Waals surface area contributed by atoms with Gasteiger partial charge in [-0.3, -0.25) is 0 Å². The van der Waals surface area contributed by atoms with E-state index in [-0.39, 0.29) is 17.7 Å². The van der Waals surface area contributed by atoms with Crippen LogP contribution in [0.4, 0.5) is 8.78 Å². The number of likely N-dealkylation sites (N-methyl/N-ethyl adjacent to an activating group) is 1. The van der Waals surface area contributed by atoms with Gasteiger partial charge in [-0.2, -0.15) is 0 Å². The van der Waals surface area contributed by atoms with Crippen molar-refractivity contribution in [3.63, 3.8) is 0 Å². The van der Waals surface area contributed by atoms with E-state index in [0.29, 0.717) is 4.47 Å². The predicted molar refractivity (Wildman–Crippen MR) is 87.8 cm³/mol. The molecule has 0 fully saturated rings. The van der Waals surface area contributed by atoms with Crippen LogP contribution in [0.5, 0.6) is 0 Å². The summed E-state index contributed by atoms with van der Waals surface area (Å²) in [6.45, 7) is 0. The van der Waals surface area contributed by atoms with E-state index in [4.69, 9.17) is 0 Å². The van der Waals surface area contributed by atoms with Gasteiger partial charge in [-0.15, -0.1) is 11.8 Å². The number of thioether (sulfide) groups is 1. The highest BCUT2D eigenvalue weighted by molar-refractivity contribution is 9.10. The Labute approximate surface area is 136 Å². The van der Waals surface area contributed by atoms with E-state index in [1.807, 2.05) is 13.1 Å². The van der Waals surface area contributed by atoms with Gasteiger partial charge >= 0.3 is 0 Å². The molecule has 0 radical (unpaired) electrons. The summed E-state index contributed by atoms with van der Waals surface area (Å²) in [6, 6.07) is 11.8. The first-order valence-electron chi connectivity index (χ1n) is 6.58. The first-order chi connectivity index (χ1) is 10.1. The SMILES string of the molecule is CNC(CSc1ccc(F)cc1)Cc1ccc(F)c(Br)c1. The summed E-state index contributed by atoms with van der Waals surface area (Å²) < 4.78 is 26.6. The van der Waals surface area contributed by atoms with Crippen LogP contribution in [-0.2, 0) is 6.42 Å². The maximum absolute atomic E-state index is 13.2. The van der Waals surface area contributed by atoms with Crippen LogP contribution < -0.4 is 5.32 Å². The molecule has 0 spiro atoms. The number of nitrogens with one attached hydrogen (secondary N) is 1. The Morgan fingerprint density at radius 1 is 1.14 bits per heavy atom. The molecule has 112 valence electrons. The minimum absolute atomic E-state index is 0.222. The van der Waals surface area contributed by atoms with E-state index in [0.717, 1.165) is 22.6 Å². The fourth-order valence-electron chi connectivity index (χ4n) is 1.92. The third-order valence-corrected chi connectivity index (χ3v) is 4.92. The van der Waals surface area contributed by atoms with E-state index >= 15 is 0 Å². The van der Waals surface area contributed by atoms with E-state index in [9.17, 15) is 8.78 Å². The highest BCUT2D eigenvalue weighted by atomic mass is 79.9. The van der Waals surface area contributed by atoms with E-state index in [1.54, 1.807) is 30.0 Å². The van der Waals surface area contributed by atoms with Gasteiger partial charge in [0.05, 0.1) is 4.47 Å². The lowest BCUT2D eigenvalue weighted by Crippen LogP contribution is -2.30. The van der Waals surface area contributed by atoms with Gasteiger partial charge in [0.15, 0.2) is 0 Å². The molecule has 0 heterocycles. The highest BCUT2D eigenvalue weighted by Gasteiger charge is 2.10. The number of rotatable bonds is 6. The molecular formula is C16H16BrF2NS. The zero-order valence-corrected chi connectivity index (χ0v) is 14.0. The van der Waals surface area contributed by atoms with Gasteiger partial charge in [-0.1, -0.05) is 6.07 Å². The average molecular weight is 372 g/mol. The second kappa shape index (κ2) is 7.92. The van der Waals surface area contributed by atoms with Crippen molar-refractivity contribution >= 4 is 27.7 Å². The van der Waals surface area contributed by atoms with Gasteiger partial charge < -0.3 is 5.32 Å². The largest absolute Gasteiger partial charge is 0.316 e. The standard InChI is InChI=1S/C16H16BrF2NS/c1-20-13(8-11-2-7-16(19)15(17)9-11)10-21-14-5-3-12(18)4-6-14/h2-7,9,13,20H,8,10H2,1H3. The monoisotopic (exact) mass is 371 g/mol. The smallest absolute Gasteiger partial charge is 0.137 e. The lowest BCUT2D eigenvalue weighted by Gasteiger charge is -2.16. The Morgan fingerprint density at radius 3 is 2.48 bits per heavy atom. The molecule has 0 aliphatic rings. The van der Waals surface area contributed by atoms with Crippen molar-refractivity contribution in [2.75, 3.05) is 12.8 Å². The maximum atomic E-state index is 13.2. The van der Waals surface area contributed by atoms with Crippen LogP contribution in [0.3, 0.4) is 0 Å². The van der Waals surface area contributed by atoms with E-state index < -0.39 is 0 Å². The molecule has 1 N–H and O–H groups in total. The van der Waals surface area contributed by atoms with Crippen LogP contribution >= 0.6 is 27.7 Å². The Hall–Kier alpha value is -0.910. The van der Waals surface area contributed by atoms with Gasteiger partial charge in [0.25, 0.3) is 0 Å². The summed E-state index contributed by atoms with van der Waals surface area (Å²) >= 11 is 4.88. The molecule has 0 amide bonds. The summed E-state index contributed by atoms with van der Waals surface area (Å²) in [5.74, 6) is 0.387. The number of hydrogen-bond acceptors (Lipinski definition) is 2. The molecule has 2 aromatic carbocycles. The molecule has 2 rings (SSSR count). The summed E-state index contributed by atoms with van der Waals surface area (Å²) in [7, 11) is 1.91. The van der Waals surface area contributed by atoms with Crippen LogP contribution in [0, 0.1) is 11.6 Å². The molecule has 0 saturated heterocycles. The summed E-state index contributed by atoms with van der Waals surface area (Å²) in [4.78, 5) is 1.04. The molecule has 0 saturated carbocycles. The van der Waals surface area contributed by atoms with E-state index in [1.165, 1.54) is 18.2 Å². The van der Waals surface area contributed by atoms with Gasteiger partial charge in [-0.05, 0) is 71.4 Å². The van der Waals surface area contributed by atoms with Gasteiger partial charge in [0.2, 0.25) is 0 Å².